The average Bonchev–Trinajstić information content (AvgIpc) is 3.69. The van der Waals surface area contributed by atoms with Crippen LogP contribution in [0.1, 0.15) is 46.5 Å². The lowest BCUT2D eigenvalue weighted by molar-refractivity contribution is 0.0947. The van der Waals surface area contributed by atoms with E-state index < -0.39 is 10.0 Å². The minimum absolute atomic E-state index is 0.115. The number of fused-ring (bicyclic) bond motifs is 3. The molecule has 13 heteroatoms. The smallest absolute Gasteiger partial charge is 0.335 e. The second-order valence-corrected chi connectivity index (χ2v) is 11.9. The van der Waals surface area contributed by atoms with Gasteiger partial charge < -0.3 is 14.5 Å². The maximum atomic E-state index is 13.8. The number of rotatable bonds is 11. The molecule has 1 unspecified atom stereocenters. The van der Waals surface area contributed by atoms with Gasteiger partial charge in [-0.1, -0.05) is 32.4 Å². The SMILES string of the molecule is CCCOc1ccc(S(=O)(=O)N(CC)CC2CCCO2)cc1-c1[nH]c2c(c1Cl)n(CCC)c(=O)n1cnnc21. The predicted molar refractivity (Wildman–Crippen MR) is 149 cm³/mol. The summed E-state index contributed by atoms with van der Waals surface area (Å²) in [5.41, 5.74) is 1.97. The zero-order chi connectivity index (χ0) is 27.7. The first-order valence-corrected chi connectivity index (χ1v) is 15.2. The third-order valence-corrected chi connectivity index (χ3v) is 9.25. The molecule has 1 aliphatic rings. The summed E-state index contributed by atoms with van der Waals surface area (Å²) in [6.07, 6.45) is 4.49. The Balaban J connectivity index is 1.69. The van der Waals surface area contributed by atoms with Gasteiger partial charge in [0.2, 0.25) is 10.0 Å². The highest BCUT2D eigenvalue weighted by Crippen LogP contribution is 2.41. The van der Waals surface area contributed by atoms with E-state index in [9.17, 15) is 13.2 Å². The molecule has 1 fully saturated rings. The highest BCUT2D eigenvalue weighted by Gasteiger charge is 2.30. The number of nitrogens with one attached hydrogen (secondary N) is 1. The molecule has 0 bridgehead atoms. The van der Waals surface area contributed by atoms with Crippen molar-refractivity contribution in [3.05, 3.63) is 40.0 Å². The van der Waals surface area contributed by atoms with Crippen LogP contribution in [0.25, 0.3) is 27.9 Å². The summed E-state index contributed by atoms with van der Waals surface area (Å²) in [5, 5.41) is 8.33. The summed E-state index contributed by atoms with van der Waals surface area (Å²) in [6, 6.07) is 4.80. The van der Waals surface area contributed by atoms with E-state index in [2.05, 4.69) is 15.2 Å². The van der Waals surface area contributed by atoms with Gasteiger partial charge in [-0.05, 0) is 43.9 Å². The summed E-state index contributed by atoms with van der Waals surface area (Å²) in [5.74, 6) is 0.480. The van der Waals surface area contributed by atoms with Gasteiger partial charge in [0.05, 0.1) is 33.8 Å². The van der Waals surface area contributed by atoms with Crippen molar-refractivity contribution in [3.63, 3.8) is 0 Å². The van der Waals surface area contributed by atoms with Gasteiger partial charge in [-0.25, -0.2) is 17.6 Å². The highest BCUT2D eigenvalue weighted by atomic mass is 35.5. The van der Waals surface area contributed by atoms with Gasteiger partial charge >= 0.3 is 5.69 Å². The summed E-state index contributed by atoms with van der Waals surface area (Å²) in [6.45, 7) is 7.90. The lowest BCUT2D eigenvalue weighted by Gasteiger charge is -2.24. The van der Waals surface area contributed by atoms with E-state index in [0.29, 0.717) is 73.0 Å². The third-order valence-electron chi connectivity index (χ3n) is 6.94. The Hall–Kier alpha value is -2.93. The number of benzene rings is 1. The molecule has 1 aliphatic heterocycles. The van der Waals surface area contributed by atoms with Crippen molar-refractivity contribution in [2.24, 2.45) is 0 Å². The Labute approximate surface area is 231 Å². The number of likely N-dealkylation sites (N-methyl/N-ethyl adjacent to an activating group) is 1. The standard InChI is InChI=1S/C26H33ClN6O5S/c1-4-11-32-24-21(27)22(29-23(24)25-30-28-16-33(25)26(32)34)19-14-18(9-10-20(19)38-12-5-2)39(35,36)31(6-3)15-17-8-7-13-37-17/h9-10,14,16-17,29H,4-8,11-13,15H2,1-3H3. The molecule has 0 saturated carbocycles. The summed E-state index contributed by atoms with van der Waals surface area (Å²) in [4.78, 5) is 16.6. The molecule has 3 aromatic heterocycles. The van der Waals surface area contributed by atoms with E-state index in [1.165, 1.54) is 15.0 Å². The first-order valence-electron chi connectivity index (χ1n) is 13.3. The van der Waals surface area contributed by atoms with E-state index in [4.69, 9.17) is 21.1 Å². The van der Waals surface area contributed by atoms with E-state index in [0.717, 1.165) is 19.3 Å². The van der Waals surface area contributed by atoms with Crippen molar-refractivity contribution in [1.29, 1.82) is 0 Å². The van der Waals surface area contributed by atoms with Crippen molar-refractivity contribution in [3.8, 4) is 17.0 Å². The van der Waals surface area contributed by atoms with Gasteiger partial charge in [0.25, 0.3) is 0 Å². The molecular formula is C26H33ClN6O5S. The summed E-state index contributed by atoms with van der Waals surface area (Å²) in [7, 11) is -3.84. The minimum atomic E-state index is -3.84. The maximum Gasteiger partial charge on any atom is 0.335 e. The Bertz CT molecular complexity index is 1650. The van der Waals surface area contributed by atoms with Crippen molar-refractivity contribution in [1.82, 2.24) is 28.5 Å². The number of sulfonamides is 1. The maximum absolute atomic E-state index is 13.8. The van der Waals surface area contributed by atoms with Crippen molar-refractivity contribution < 1.29 is 17.9 Å². The fraction of sp³-hybridized carbons (Fsp3) is 0.500. The van der Waals surface area contributed by atoms with Crippen molar-refractivity contribution >= 4 is 38.3 Å². The number of aromatic nitrogens is 5. The van der Waals surface area contributed by atoms with Gasteiger partial charge in [-0.3, -0.25) is 4.57 Å². The lowest BCUT2D eigenvalue weighted by atomic mass is 10.1. The van der Waals surface area contributed by atoms with E-state index in [-0.39, 0.29) is 21.7 Å². The predicted octanol–water partition coefficient (Wildman–Crippen LogP) is 4.08. The van der Waals surface area contributed by atoms with Crippen LogP contribution < -0.4 is 10.4 Å². The van der Waals surface area contributed by atoms with Crippen LogP contribution in [0.2, 0.25) is 5.02 Å². The summed E-state index contributed by atoms with van der Waals surface area (Å²) < 4.78 is 43.6. The first-order chi connectivity index (χ1) is 18.8. The molecule has 210 valence electrons. The monoisotopic (exact) mass is 576 g/mol. The second kappa shape index (κ2) is 11.3. The minimum Gasteiger partial charge on any atom is -0.493 e. The molecule has 1 aromatic carbocycles. The molecule has 1 atom stereocenters. The lowest BCUT2D eigenvalue weighted by Crippen LogP contribution is -2.37. The molecule has 4 heterocycles. The number of aromatic amines is 1. The highest BCUT2D eigenvalue weighted by molar-refractivity contribution is 7.89. The molecule has 1 saturated heterocycles. The quantitative estimate of drug-likeness (QED) is 0.285. The Morgan fingerprint density at radius 1 is 1.26 bits per heavy atom. The Morgan fingerprint density at radius 2 is 2.08 bits per heavy atom. The molecule has 0 aliphatic carbocycles. The fourth-order valence-electron chi connectivity index (χ4n) is 5.03. The van der Waals surface area contributed by atoms with E-state index >= 15 is 0 Å². The molecule has 0 radical (unpaired) electrons. The number of ether oxygens (including phenoxy) is 2. The van der Waals surface area contributed by atoms with Crippen molar-refractivity contribution in [2.45, 2.75) is 64.0 Å². The van der Waals surface area contributed by atoms with Crippen LogP contribution in [0.3, 0.4) is 0 Å². The molecule has 4 aromatic rings. The van der Waals surface area contributed by atoms with Crippen molar-refractivity contribution in [2.75, 3.05) is 26.3 Å². The van der Waals surface area contributed by atoms with Gasteiger partial charge in [0.15, 0.2) is 5.65 Å². The van der Waals surface area contributed by atoms with Crippen LogP contribution in [-0.2, 0) is 21.3 Å². The van der Waals surface area contributed by atoms with Gasteiger partial charge in [0, 0.05) is 31.8 Å². The number of hydrogen-bond acceptors (Lipinski definition) is 7. The number of nitrogens with zero attached hydrogens (tertiary/aromatic N) is 5. The van der Waals surface area contributed by atoms with Gasteiger partial charge in [-0.2, -0.15) is 4.31 Å². The number of H-pyrrole nitrogens is 1. The normalized spacial score (nSPS) is 16.2. The van der Waals surface area contributed by atoms with Crippen LogP contribution in [0.5, 0.6) is 5.75 Å². The van der Waals surface area contributed by atoms with Crippen LogP contribution in [0.15, 0.2) is 34.2 Å². The van der Waals surface area contributed by atoms with E-state index in [1.54, 1.807) is 22.8 Å². The zero-order valence-electron chi connectivity index (χ0n) is 22.3. The topological polar surface area (TPSA) is 124 Å². The Morgan fingerprint density at radius 3 is 2.77 bits per heavy atom. The molecule has 11 nitrogen and oxygen atoms in total. The van der Waals surface area contributed by atoms with Crippen LogP contribution in [0.4, 0.5) is 0 Å². The zero-order valence-corrected chi connectivity index (χ0v) is 23.9. The fourth-order valence-corrected chi connectivity index (χ4v) is 6.89. The average molecular weight is 577 g/mol. The van der Waals surface area contributed by atoms with Gasteiger partial charge in [-0.15, -0.1) is 10.2 Å². The molecule has 5 rings (SSSR count). The second-order valence-electron chi connectivity index (χ2n) is 9.59. The molecule has 0 amide bonds. The summed E-state index contributed by atoms with van der Waals surface area (Å²) >= 11 is 6.97. The largest absolute Gasteiger partial charge is 0.493 e. The first kappa shape index (κ1) is 27.6. The van der Waals surface area contributed by atoms with Crippen LogP contribution >= 0.6 is 11.6 Å². The molecular weight excluding hydrogens is 544 g/mol. The molecule has 0 spiro atoms. The number of halogens is 1. The van der Waals surface area contributed by atoms with Crippen LogP contribution in [-0.4, -0.2) is 69.3 Å². The third kappa shape index (κ3) is 4.94. The van der Waals surface area contributed by atoms with Gasteiger partial charge in [0.1, 0.15) is 17.6 Å². The van der Waals surface area contributed by atoms with Crippen LogP contribution in [0, 0.1) is 0 Å². The van der Waals surface area contributed by atoms with E-state index in [1.807, 2.05) is 20.8 Å². The number of hydrogen-bond donors (Lipinski definition) is 1. The number of aryl methyl sites for hydroxylation is 1. The molecule has 39 heavy (non-hydrogen) atoms. The Kier molecular flexibility index (Phi) is 7.99. The molecule has 1 N–H and O–H groups in total.